The first-order valence-electron chi connectivity index (χ1n) is 5.73. The number of aromatic nitrogens is 1. The standard InChI is InChI=1S/C12H21N3/c1-3-6-11(14-8-4-2)10-7-5-9-15-12(10)13/h5,7,9,11,14H,3-4,6,8H2,1-2H3,(H2,13,15). The highest BCUT2D eigenvalue weighted by molar-refractivity contribution is 5.40. The van der Waals surface area contributed by atoms with Crippen LogP contribution in [0.1, 0.15) is 44.7 Å². The molecule has 0 aliphatic carbocycles. The van der Waals surface area contributed by atoms with E-state index in [1.165, 1.54) is 0 Å². The van der Waals surface area contributed by atoms with Gasteiger partial charge in [0.15, 0.2) is 0 Å². The van der Waals surface area contributed by atoms with E-state index < -0.39 is 0 Å². The lowest BCUT2D eigenvalue weighted by Crippen LogP contribution is -2.23. The molecule has 0 aliphatic heterocycles. The fourth-order valence-corrected chi connectivity index (χ4v) is 1.70. The van der Waals surface area contributed by atoms with Gasteiger partial charge in [-0.2, -0.15) is 0 Å². The summed E-state index contributed by atoms with van der Waals surface area (Å²) in [4.78, 5) is 4.13. The first-order chi connectivity index (χ1) is 7.29. The van der Waals surface area contributed by atoms with Crippen molar-refractivity contribution in [1.29, 1.82) is 0 Å². The van der Waals surface area contributed by atoms with Crippen molar-refractivity contribution < 1.29 is 0 Å². The molecule has 1 atom stereocenters. The van der Waals surface area contributed by atoms with E-state index in [0.717, 1.165) is 31.4 Å². The Kier molecular flexibility index (Phi) is 5.12. The average Bonchev–Trinajstić information content (AvgIpc) is 2.25. The number of hydrogen-bond donors (Lipinski definition) is 2. The van der Waals surface area contributed by atoms with Crippen LogP contribution < -0.4 is 11.1 Å². The van der Waals surface area contributed by atoms with Gasteiger partial charge in [0, 0.05) is 17.8 Å². The van der Waals surface area contributed by atoms with Gasteiger partial charge in [-0.1, -0.05) is 26.3 Å². The molecule has 1 unspecified atom stereocenters. The van der Waals surface area contributed by atoms with E-state index in [1.807, 2.05) is 6.07 Å². The van der Waals surface area contributed by atoms with Crippen LogP contribution in [0.3, 0.4) is 0 Å². The topological polar surface area (TPSA) is 50.9 Å². The average molecular weight is 207 g/mol. The van der Waals surface area contributed by atoms with Crippen LogP contribution in [0.2, 0.25) is 0 Å². The summed E-state index contributed by atoms with van der Waals surface area (Å²) in [7, 11) is 0. The van der Waals surface area contributed by atoms with E-state index in [9.17, 15) is 0 Å². The van der Waals surface area contributed by atoms with Crippen molar-refractivity contribution in [2.75, 3.05) is 12.3 Å². The second kappa shape index (κ2) is 6.40. The Morgan fingerprint density at radius 3 is 2.80 bits per heavy atom. The molecule has 1 aromatic heterocycles. The van der Waals surface area contributed by atoms with E-state index >= 15 is 0 Å². The highest BCUT2D eigenvalue weighted by Crippen LogP contribution is 2.22. The van der Waals surface area contributed by atoms with Crippen LogP contribution >= 0.6 is 0 Å². The number of anilines is 1. The number of rotatable bonds is 6. The molecular weight excluding hydrogens is 186 g/mol. The smallest absolute Gasteiger partial charge is 0.128 e. The number of nitrogens with one attached hydrogen (secondary N) is 1. The largest absolute Gasteiger partial charge is 0.383 e. The predicted octanol–water partition coefficient (Wildman–Crippen LogP) is 2.50. The number of nitrogens with zero attached hydrogens (tertiary/aromatic N) is 1. The maximum Gasteiger partial charge on any atom is 0.128 e. The molecule has 0 saturated heterocycles. The molecular formula is C12H21N3. The molecule has 3 nitrogen and oxygen atoms in total. The van der Waals surface area contributed by atoms with Crippen molar-refractivity contribution >= 4 is 5.82 Å². The molecule has 0 saturated carbocycles. The third kappa shape index (κ3) is 3.51. The molecule has 0 amide bonds. The summed E-state index contributed by atoms with van der Waals surface area (Å²) in [6.07, 6.45) is 5.13. The minimum absolute atomic E-state index is 0.351. The molecule has 3 N–H and O–H groups in total. The highest BCUT2D eigenvalue weighted by atomic mass is 14.9. The maximum absolute atomic E-state index is 5.87. The Balaban J connectivity index is 2.74. The van der Waals surface area contributed by atoms with E-state index in [0.29, 0.717) is 11.9 Å². The first kappa shape index (κ1) is 12.0. The van der Waals surface area contributed by atoms with Crippen molar-refractivity contribution in [1.82, 2.24) is 10.3 Å². The van der Waals surface area contributed by atoms with Gasteiger partial charge in [0.05, 0.1) is 0 Å². The number of pyridine rings is 1. The molecule has 0 bridgehead atoms. The van der Waals surface area contributed by atoms with Crippen LogP contribution in [-0.4, -0.2) is 11.5 Å². The molecule has 15 heavy (non-hydrogen) atoms. The Labute approximate surface area is 92.1 Å². The summed E-state index contributed by atoms with van der Waals surface area (Å²) in [5.74, 6) is 0.652. The second-order valence-electron chi connectivity index (χ2n) is 3.77. The van der Waals surface area contributed by atoms with Crippen molar-refractivity contribution in [2.24, 2.45) is 0 Å². The lowest BCUT2D eigenvalue weighted by Gasteiger charge is -2.19. The molecule has 0 aromatic carbocycles. The van der Waals surface area contributed by atoms with Crippen LogP contribution in [-0.2, 0) is 0 Å². The quantitative estimate of drug-likeness (QED) is 0.753. The zero-order chi connectivity index (χ0) is 11.1. The SMILES string of the molecule is CCCNC(CCC)c1cccnc1N. The van der Waals surface area contributed by atoms with E-state index in [4.69, 9.17) is 5.73 Å². The Hall–Kier alpha value is -1.09. The minimum Gasteiger partial charge on any atom is -0.383 e. The molecule has 1 rings (SSSR count). The molecule has 3 heteroatoms. The van der Waals surface area contributed by atoms with E-state index in [1.54, 1.807) is 6.20 Å². The normalized spacial score (nSPS) is 12.7. The maximum atomic E-state index is 5.87. The molecule has 0 aliphatic rings. The number of nitrogens with two attached hydrogens (primary N) is 1. The fourth-order valence-electron chi connectivity index (χ4n) is 1.70. The Bertz CT molecular complexity index is 286. The highest BCUT2D eigenvalue weighted by Gasteiger charge is 2.12. The second-order valence-corrected chi connectivity index (χ2v) is 3.77. The van der Waals surface area contributed by atoms with Gasteiger partial charge in [0.2, 0.25) is 0 Å². The number of hydrogen-bond acceptors (Lipinski definition) is 3. The molecule has 1 heterocycles. The zero-order valence-electron chi connectivity index (χ0n) is 9.66. The first-order valence-corrected chi connectivity index (χ1v) is 5.73. The van der Waals surface area contributed by atoms with Gasteiger partial charge < -0.3 is 11.1 Å². The van der Waals surface area contributed by atoms with E-state index in [-0.39, 0.29) is 0 Å². The molecule has 0 fully saturated rings. The van der Waals surface area contributed by atoms with Gasteiger partial charge in [-0.05, 0) is 25.5 Å². The lowest BCUT2D eigenvalue weighted by molar-refractivity contribution is 0.494. The third-order valence-corrected chi connectivity index (χ3v) is 2.46. The minimum atomic E-state index is 0.351. The zero-order valence-corrected chi connectivity index (χ0v) is 9.66. The molecule has 84 valence electrons. The summed E-state index contributed by atoms with van der Waals surface area (Å²) in [6.45, 7) is 5.38. The van der Waals surface area contributed by atoms with Gasteiger partial charge >= 0.3 is 0 Å². The van der Waals surface area contributed by atoms with Crippen molar-refractivity contribution in [3.05, 3.63) is 23.9 Å². The summed E-state index contributed by atoms with van der Waals surface area (Å²) in [5.41, 5.74) is 7.00. The number of nitrogen functional groups attached to an aromatic ring is 1. The third-order valence-electron chi connectivity index (χ3n) is 2.46. The molecule has 0 radical (unpaired) electrons. The van der Waals surface area contributed by atoms with Crippen LogP contribution in [0.25, 0.3) is 0 Å². The van der Waals surface area contributed by atoms with Crippen molar-refractivity contribution in [3.63, 3.8) is 0 Å². The summed E-state index contributed by atoms with van der Waals surface area (Å²) in [6, 6.07) is 4.36. The summed E-state index contributed by atoms with van der Waals surface area (Å²) < 4.78 is 0. The van der Waals surface area contributed by atoms with Gasteiger partial charge in [0.1, 0.15) is 5.82 Å². The van der Waals surface area contributed by atoms with Crippen LogP contribution in [0.5, 0.6) is 0 Å². The van der Waals surface area contributed by atoms with Gasteiger partial charge in [-0.25, -0.2) is 4.98 Å². The lowest BCUT2D eigenvalue weighted by atomic mass is 10.0. The molecule has 0 spiro atoms. The van der Waals surface area contributed by atoms with Crippen molar-refractivity contribution in [3.8, 4) is 0 Å². The summed E-state index contributed by atoms with van der Waals surface area (Å²) in [5, 5.41) is 3.51. The van der Waals surface area contributed by atoms with Crippen molar-refractivity contribution in [2.45, 2.75) is 39.2 Å². The van der Waals surface area contributed by atoms with Gasteiger partial charge in [0.25, 0.3) is 0 Å². The van der Waals surface area contributed by atoms with Gasteiger partial charge in [-0.3, -0.25) is 0 Å². The van der Waals surface area contributed by atoms with E-state index in [2.05, 4.69) is 30.2 Å². The Morgan fingerprint density at radius 2 is 2.20 bits per heavy atom. The molecule has 1 aromatic rings. The van der Waals surface area contributed by atoms with Gasteiger partial charge in [-0.15, -0.1) is 0 Å². The Morgan fingerprint density at radius 1 is 1.40 bits per heavy atom. The monoisotopic (exact) mass is 207 g/mol. The van der Waals surface area contributed by atoms with Crippen LogP contribution in [0, 0.1) is 0 Å². The summed E-state index contributed by atoms with van der Waals surface area (Å²) >= 11 is 0. The predicted molar refractivity (Wildman–Crippen MR) is 64.6 cm³/mol. The fraction of sp³-hybridized carbons (Fsp3) is 0.583. The van der Waals surface area contributed by atoms with Crippen LogP contribution in [0.15, 0.2) is 18.3 Å². The van der Waals surface area contributed by atoms with Crippen LogP contribution in [0.4, 0.5) is 5.82 Å².